The lowest BCUT2D eigenvalue weighted by Gasteiger charge is -2.10. The summed E-state index contributed by atoms with van der Waals surface area (Å²) in [7, 11) is 0. The van der Waals surface area contributed by atoms with Crippen molar-refractivity contribution in [3.8, 4) is 11.3 Å². The second kappa shape index (κ2) is 3.72. The Bertz CT molecular complexity index is 521. The Labute approximate surface area is 92.3 Å². The number of nitrogens with zero attached hydrogens (tertiary/aromatic N) is 1. The van der Waals surface area contributed by atoms with Crippen LogP contribution >= 0.6 is 0 Å². The van der Waals surface area contributed by atoms with Crippen molar-refractivity contribution in [3.05, 3.63) is 41.4 Å². The van der Waals surface area contributed by atoms with E-state index in [2.05, 4.69) is 10.5 Å². The Hall–Kier alpha value is -1.68. The van der Waals surface area contributed by atoms with Crippen molar-refractivity contribution >= 4 is 0 Å². The average Bonchev–Trinajstić information content (AvgIpc) is 2.72. The number of hydrogen-bond donors (Lipinski definition) is 1. The van der Waals surface area contributed by atoms with Crippen LogP contribution in [0.4, 0.5) is 4.39 Å². The van der Waals surface area contributed by atoms with E-state index in [1.807, 2.05) is 6.07 Å². The molecule has 0 atom stereocenters. The van der Waals surface area contributed by atoms with Crippen LogP contribution in [0.15, 0.2) is 28.8 Å². The van der Waals surface area contributed by atoms with E-state index >= 15 is 0 Å². The summed E-state index contributed by atoms with van der Waals surface area (Å²) in [4.78, 5) is 0. The predicted molar refractivity (Wildman–Crippen MR) is 57.3 cm³/mol. The fraction of sp³-hybridized carbons (Fsp3) is 0.250. The zero-order chi connectivity index (χ0) is 11.0. The monoisotopic (exact) mass is 218 g/mol. The first kappa shape index (κ1) is 9.54. The van der Waals surface area contributed by atoms with Gasteiger partial charge < -0.3 is 9.84 Å². The molecular formula is C12H11FN2O. The van der Waals surface area contributed by atoms with E-state index < -0.39 is 0 Å². The Morgan fingerprint density at radius 1 is 1.38 bits per heavy atom. The third-order valence-corrected chi connectivity index (χ3v) is 2.80. The number of benzene rings is 1. The van der Waals surface area contributed by atoms with Gasteiger partial charge in [0.2, 0.25) is 0 Å². The van der Waals surface area contributed by atoms with E-state index in [4.69, 9.17) is 4.52 Å². The molecule has 2 heterocycles. The molecule has 0 fully saturated rings. The molecule has 3 nitrogen and oxygen atoms in total. The quantitative estimate of drug-likeness (QED) is 0.796. The van der Waals surface area contributed by atoms with Crippen LogP contribution in [0.1, 0.15) is 11.3 Å². The lowest BCUT2D eigenvalue weighted by atomic mass is 10.0. The van der Waals surface area contributed by atoms with E-state index in [0.29, 0.717) is 6.54 Å². The van der Waals surface area contributed by atoms with Gasteiger partial charge in [-0.1, -0.05) is 17.3 Å². The molecule has 1 aliphatic heterocycles. The smallest absolute Gasteiger partial charge is 0.154 e. The largest absolute Gasteiger partial charge is 0.359 e. The van der Waals surface area contributed by atoms with Crippen LogP contribution in [0.5, 0.6) is 0 Å². The molecule has 0 saturated carbocycles. The third-order valence-electron chi connectivity index (χ3n) is 2.80. The number of nitrogens with one attached hydrogen (secondary N) is 1. The van der Waals surface area contributed by atoms with Gasteiger partial charge in [-0.2, -0.15) is 0 Å². The van der Waals surface area contributed by atoms with Crippen molar-refractivity contribution in [2.45, 2.75) is 13.0 Å². The molecular weight excluding hydrogens is 207 g/mol. The Kier molecular flexibility index (Phi) is 2.22. The highest BCUT2D eigenvalue weighted by molar-refractivity contribution is 5.63. The topological polar surface area (TPSA) is 38.1 Å². The van der Waals surface area contributed by atoms with Crippen molar-refractivity contribution in [3.63, 3.8) is 0 Å². The van der Waals surface area contributed by atoms with Gasteiger partial charge in [-0.25, -0.2) is 4.39 Å². The van der Waals surface area contributed by atoms with Crippen LogP contribution in [-0.4, -0.2) is 11.7 Å². The van der Waals surface area contributed by atoms with Gasteiger partial charge in [0.1, 0.15) is 11.5 Å². The first-order valence-corrected chi connectivity index (χ1v) is 5.28. The molecule has 3 rings (SSSR count). The Morgan fingerprint density at radius 3 is 3.19 bits per heavy atom. The average molecular weight is 218 g/mol. The fourth-order valence-corrected chi connectivity index (χ4v) is 2.02. The molecule has 82 valence electrons. The van der Waals surface area contributed by atoms with E-state index in [0.717, 1.165) is 35.5 Å². The van der Waals surface area contributed by atoms with Gasteiger partial charge in [0, 0.05) is 11.1 Å². The summed E-state index contributed by atoms with van der Waals surface area (Å²) in [5, 5.41) is 7.24. The Balaban J connectivity index is 2.09. The minimum absolute atomic E-state index is 0.247. The normalized spacial score (nSPS) is 14.8. The molecule has 2 aromatic rings. The maximum absolute atomic E-state index is 13.1. The van der Waals surface area contributed by atoms with Crippen LogP contribution in [0.2, 0.25) is 0 Å². The highest BCUT2D eigenvalue weighted by atomic mass is 19.1. The number of halogens is 1. The zero-order valence-corrected chi connectivity index (χ0v) is 8.66. The van der Waals surface area contributed by atoms with Crippen LogP contribution in [0.25, 0.3) is 11.3 Å². The molecule has 0 spiro atoms. The zero-order valence-electron chi connectivity index (χ0n) is 8.66. The van der Waals surface area contributed by atoms with Crippen molar-refractivity contribution in [1.82, 2.24) is 10.5 Å². The Morgan fingerprint density at radius 2 is 2.31 bits per heavy atom. The van der Waals surface area contributed by atoms with E-state index in [-0.39, 0.29) is 5.82 Å². The maximum atomic E-state index is 13.1. The second-order valence-corrected chi connectivity index (χ2v) is 3.87. The summed E-state index contributed by atoms with van der Waals surface area (Å²) in [6.07, 6.45) is 0.880. The number of aromatic nitrogens is 1. The SMILES string of the molecule is Fc1cccc(-c2noc3c2CCNC3)c1. The van der Waals surface area contributed by atoms with Crippen LogP contribution in [0.3, 0.4) is 0 Å². The molecule has 0 aliphatic carbocycles. The summed E-state index contributed by atoms with van der Waals surface area (Å²) in [5.41, 5.74) is 2.66. The maximum Gasteiger partial charge on any atom is 0.154 e. The summed E-state index contributed by atoms with van der Waals surface area (Å²) >= 11 is 0. The molecule has 0 bridgehead atoms. The summed E-state index contributed by atoms with van der Waals surface area (Å²) in [6, 6.07) is 6.45. The molecule has 1 aliphatic rings. The first-order valence-electron chi connectivity index (χ1n) is 5.28. The number of rotatable bonds is 1. The molecule has 1 aromatic carbocycles. The predicted octanol–water partition coefficient (Wildman–Crippen LogP) is 2.13. The minimum atomic E-state index is -0.247. The van der Waals surface area contributed by atoms with Crippen LogP contribution in [0, 0.1) is 5.82 Å². The van der Waals surface area contributed by atoms with Gasteiger partial charge in [0.15, 0.2) is 5.76 Å². The summed E-state index contributed by atoms with van der Waals surface area (Å²) < 4.78 is 18.4. The van der Waals surface area contributed by atoms with Crippen LogP contribution in [-0.2, 0) is 13.0 Å². The van der Waals surface area contributed by atoms with Gasteiger partial charge in [-0.15, -0.1) is 0 Å². The van der Waals surface area contributed by atoms with Crippen molar-refractivity contribution < 1.29 is 8.91 Å². The standard InChI is InChI=1S/C12H11FN2O/c13-9-3-1-2-8(6-9)12-10-4-5-14-7-11(10)16-15-12/h1-3,6,14H,4-5,7H2. The van der Waals surface area contributed by atoms with E-state index in [1.54, 1.807) is 6.07 Å². The lowest BCUT2D eigenvalue weighted by Crippen LogP contribution is -2.22. The van der Waals surface area contributed by atoms with Gasteiger partial charge in [-0.3, -0.25) is 0 Å². The molecule has 0 radical (unpaired) electrons. The van der Waals surface area contributed by atoms with Gasteiger partial charge >= 0.3 is 0 Å². The molecule has 16 heavy (non-hydrogen) atoms. The number of fused-ring (bicyclic) bond motifs is 1. The fourth-order valence-electron chi connectivity index (χ4n) is 2.02. The molecule has 0 amide bonds. The van der Waals surface area contributed by atoms with Crippen LogP contribution < -0.4 is 5.32 Å². The highest BCUT2D eigenvalue weighted by Gasteiger charge is 2.20. The van der Waals surface area contributed by atoms with Gasteiger partial charge in [0.05, 0.1) is 6.54 Å². The van der Waals surface area contributed by atoms with Crippen molar-refractivity contribution in [1.29, 1.82) is 0 Å². The molecule has 1 aromatic heterocycles. The summed E-state index contributed by atoms with van der Waals surface area (Å²) in [6.45, 7) is 1.62. The third kappa shape index (κ3) is 1.51. The van der Waals surface area contributed by atoms with E-state index in [9.17, 15) is 4.39 Å². The van der Waals surface area contributed by atoms with Gasteiger partial charge in [-0.05, 0) is 25.1 Å². The molecule has 0 saturated heterocycles. The lowest BCUT2D eigenvalue weighted by molar-refractivity contribution is 0.367. The molecule has 0 unspecified atom stereocenters. The number of hydrogen-bond acceptors (Lipinski definition) is 3. The molecule has 1 N–H and O–H groups in total. The van der Waals surface area contributed by atoms with Gasteiger partial charge in [0.25, 0.3) is 0 Å². The second-order valence-electron chi connectivity index (χ2n) is 3.87. The minimum Gasteiger partial charge on any atom is -0.359 e. The summed E-state index contributed by atoms with van der Waals surface area (Å²) in [5.74, 6) is 0.619. The van der Waals surface area contributed by atoms with Crippen molar-refractivity contribution in [2.24, 2.45) is 0 Å². The first-order chi connectivity index (χ1) is 7.84. The highest BCUT2D eigenvalue weighted by Crippen LogP contribution is 2.27. The molecule has 4 heteroatoms. The van der Waals surface area contributed by atoms with Crippen molar-refractivity contribution in [2.75, 3.05) is 6.54 Å². The van der Waals surface area contributed by atoms with E-state index in [1.165, 1.54) is 12.1 Å².